The molecular formula is C33H36F3N5O4. The molecule has 0 bridgehead atoms. The Morgan fingerprint density at radius 1 is 1.00 bits per heavy atom. The Hall–Kier alpha value is -4.03. The van der Waals surface area contributed by atoms with Crippen LogP contribution >= 0.6 is 0 Å². The minimum atomic E-state index is -4.56. The van der Waals surface area contributed by atoms with Gasteiger partial charge >= 0.3 is 6.18 Å². The van der Waals surface area contributed by atoms with Gasteiger partial charge in [0.05, 0.1) is 17.8 Å². The highest BCUT2D eigenvalue weighted by atomic mass is 19.4. The van der Waals surface area contributed by atoms with Crippen LogP contribution in [0.5, 0.6) is 0 Å². The van der Waals surface area contributed by atoms with Crippen molar-refractivity contribution in [1.82, 2.24) is 24.7 Å². The number of carbonyl (C=O) groups is 2. The Labute approximate surface area is 258 Å². The molecule has 3 aromatic rings. The second kappa shape index (κ2) is 12.1. The first-order valence-corrected chi connectivity index (χ1v) is 15.3. The zero-order valence-corrected chi connectivity index (χ0v) is 25.0. The SMILES string of the molecule is Cn1ccc(-c2ccc(C3(O)CCC(N4CC[C@H]5[C@@H]4CCN5C(=O)CNC(=O)c4cccc(C(F)(F)F)c4)CC3)nc2)cc1=O. The Balaban J connectivity index is 1.02. The molecule has 9 nitrogen and oxygen atoms in total. The van der Waals surface area contributed by atoms with Crippen LogP contribution in [0.3, 0.4) is 0 Å². The van der Waals surface area contributed by atoms with Crippen LogP contribution in [0, 0.1) is 0 Å². The van der Waals surface area contributed by atoms with E-state index in [1.54, 1.807) is 30.4 Å². The van der Waals surface area contributed by atoms with E-state index >= 15 is 0 Å². The zero-order valence-electron chi connectivity index (χ0n) is 25.0. The second-order valence-corrected chi connectivity index (χ2v) is 12.4. The number of aromatic nitrogens is 2. The summed E-state index contributed by atoms with van der Waals surface area (Å²) in [5.41, 5.74) is 0.0197. The molecule has 2 aliphatic heterocycles. The highest BCUT2D eigenvalue weighted by Crippen LogP contribution is 2.42. The van der Waals surface area contributed by atoms with Gasteiger partial charge < -0.3 is 19.9 Å². The summed E-state index contributed by atoms with van der Waals surface area (Å²) in [5.74, 6) is -0.962. The first-order chi connectivity index (χ1) is 21.4. The van der Waals surface area contributed by atoms with Crippen LogP contribution in [0.4, 0.5) is 13.2 Å². The lowest BCUT2D eigenvalue weighted by molar-refractivity contribution is -0.137. The zero-order chi connectivity index (χ0) is 31.9. The number of fused-ring (bicyclic) bond motifs is 1. The maximum atomic E-state index is 13.1. The lowest BCUT2D eigenvalue weighted by Crippen LogP contribution is -2.47. The van der Waals surface area contributed by atoms with Crippen LogP contribution in [0.15, 0.2) is 65.7 Å². The monoisotopic (exact) mass is 623 g/mol. The predicted octanol–water partition coefficient (Wildman–Crippen LogP) is 3.70. The minimum absolute atomic E-state index is 0.0211. The fourth-order valence-electron chi connectivity index (χ4n) is 7.21. The molecule has 6 rings (SSSR count). The van der Waals surface area contributed by atoms with Gasteiger partial charge in [0, 0.05) is 67.8 Å². The van der Waals surface area contributed by atoms with Crippen molar-refractivity contribution in [2.24, 2.45) is 7.05 Å². The van der Waals surface area contributed by atoms with Crippen LogP contribution in [0.25, 0.3) is 11.1 Å². The van der Waals surface area contributed by atoms with Crippen LogP contribution in [0.1, 0.15) is 60.1 Å². The van der Waals surface area contributed by atoms with Gasteiger partial charge in [-0.15, -0.1) is 0 Å². The van der Waals surface area contributed by atoms with Crippen molar-refractivity contribution in [3.8, 4) is 11.1 Å². The lowest BCUT2D eigenvalue weighted by atomic mass is 9.79. The van der Waals surface area contributed by atoms with E-state index in [1.165, 1.54) is 16.7 Å². The number of benzene rings is 1. The van der Waals surface area contributed by atoms with E-state index in [2.05, 4.69) is 15.2 Å². The maximum absolute atomic E-state index is 13.1. The van der Waals surface area contributed by atoms with E-state index in [4.69, 9.17) is 0 Å². The number of aliphatic hydroxyl groups is 1. The quantitative estimate of drug-likeness (QED) is 0.434. The molecule has 12 heteroatoms. The van der Waals surface area contributed by atoms with Crippen molar-refractivity contribution in [2.75, 3.05) is 19.6 Å². The molecule has 2 aromatic heterocycles. The van der Waals surface area contributed by atoms with Crippen molar-refractivity contribution >= 4 is 11.8 Å². The fourth-order valence-corrected chi connectivity index (χ4v) is 7.21. The maximum Gasteiger partial charge on any atom is 0.416 e. The number of hydrogen-bond donors (Lipinski definition) is 2. The third kappa shape index (κ3) is 6.26. The van der Waals surface area contributed by atoms with Crippen LogP contribution < -0.4 is 10.9 Å². The Bertz CT molecular complexity index is 1630. The van der Waals surface area contributed by atoms with E-state index in [1.807, 2.05) is 18.2 Å². The highest BCUT2D eigenvalue weighted by Gasteiger charge is 2.48. The van der Waals surface area contributed by atoms with Crippen LogP contribution in [-0.2, 0) is 23.6 Å². The summed E-state index contributed by atoms with van der Waals surface area (Å²) in [6, 6.07) is 11.8. The largest absolute Gasteiger partial charge is 0.416 e. The molecule has 1 aliphatic carbocycles. The Kier molecular flexibility index (Phi) is 8.30. The average Bonchev–Trinajstić information content (AvgIpc) is 3.64. The summed E-state index contributed by atoms with van der Waals surface area (Å²) >= 11 is 0. The third-order valence-corrected chi connectivity index (χ3v) is 9.72. The first-order valence-electron chi connectivity index (χ1n) is 15.3. The molecule has 3 aliphatic rings. The van der Waals surface area contributed by atoms with Gasteiger partial charge in [-0.05, 0) is 74.4 Å². The smallest absolute Gasteiger partial charge is 0.384 e. The number of rotatable bonds is 6. The number of nitrogens with one attached hydrogen (secondary N) is 1. The molecule has 2 atom stereocenters. The van der Waals surface area contributed by atoms with E-state index in [9.17, 15) is 32.7 Å². The number of pyridine rings is 2. The van der Waals surface area contributed by atoms with Gasteiger partial charge in [-0.2, -0.15) is 13.2 Å². The molecular weight excluding hydrogens is 587 g/mol. The number of alkyl halides is 3. The molecule has 2 saturated heterocycles. The fraction of sp³-hybridized carbons (Fsp3) is 0.455. The third-order valence-electron chi connectivity index (χ3n) is 9.72. The molecule has 2 N–H and O–H groups in total. The molecule has 2 amide bonds. The summed E-state index contributed by atoms with van der Waals surface area (Å²) in [5, 5.41) is 14.0. The summed E-state index contributed by atoms with van der Waals surface area (Å²) < 4.78 is 40.6. The van der Waals surface area contributed by atoms with Gasteiger partial charge in [0.25, 0.3) is 11.5 Å². The van der Waals surface area contributed by atoms with Crippen molar-refractivity contribution in [3.63, 3.8) is 0 Å². The van der Waals surface area contributed by atoms with Gasteiger partial charge in [0.15, 0.2) is 0 Å². The van der Waals surface area contributed by atoms with Crippen LogP contribution in [-0.4, -0.2) is 74.0 Å². The second-order valence-electron chi connectivity index (χ2n) is 12.4. The molecule has 4 heterocycles. The molecule has 45 heavy (non-hydrogen) atoms. The van der Waals surface area contributed by atoms with Gasteiger partial charge in [0.1, 0.15) is 5.60 Å². The average molecular weight is 624 g/mol. The van der Waals surface area contributed by atoms with E-state index in [0.29, 0.717) is 25.1 Å². The topological polar surface area (TPSA) is 108 Å². The summed E-state index contributed by atoms with van der Waals surface area (Å²) in [6.45, 7) is 1.12. The standard InChI is InChI=1S/C33H36F3N5O4/c1-39-14-9-21(18-29(39)42)23-5-6-28(37-19-23)32(45)12-7-25(8-13-32)40-15-10-27-26(40)11-16-41(27)30(43)20-38-31(44)22-3-2-4-24(17-22)33(34,35)36/h2-6,9,14,17-19,25-27,45H,7-8,10-13,15-16,20H2,1H3,(H,38,44)/t25?,26-,27-,32?/m0/s1. The van der Waals surface area contributed by atoms with E-state index in [-0.39, 0.29) is 41.7 Å². The van der Waals surface area contributed by atoms with Gasteiger partial charge in [-0.25, -0.2) is 0 Å². The van der Waals surface area contributed by atoms with Crippen molar-refractivity contribution in [1.29, 1.82) is 0 Å². The lowest BCUT2D eigenvalue weighted by Gasteiger charge is -2.41. The summed E-state index contributed by atoms with van der Waals surface area (Å²) in [6.07, 6.45) is 3.18. The number of hydrogen-bond acceptors (Lipinski definition) is 6. The number of likely N-dealkylation sites (tertiary alicyclic amines) is 2. The molecule has 1 aromatic carbocycles. The van der Waals surface area contributed by atoms with Crippen molar-refractivity contribution in [2.45, 2.75) is 68.4 Å². The van der Waals surface area contributed by atoms with Crippen molar-refractivity contribution in [3.05, 3.63) is 88.1 Å². The first kappa shape index (κ1) is 31.0. The number of halogens is 3. The number of amides is 2. The van der Waals surface area contributed by atoms with E-state index < -0.39 is 23.2 Å². The molecule has 1 saturated carbocycles. The molecule has 0 radical (unpaired) electrons. The Morgan fingerprint density at radius 3 is 2.44 bits per heavy atom. The van der Waals surface area contributed by atoms with Gasteiger partial charge in [-0.3, -0.25) is 24.3 Å². The van der Waals surface area contributed by atoms with Crippen LogP contribution in [0.2, 0.25) is 0 Å². The van der Waals surface area contributed by atoms with E-state index in [0.717, 1.165) is 55.5 Å². The molecule has 238 valence electrons. The predicted molar refractivity (Wildman–Crippen MR) is 160 cm³/mol. The number of aryl methyl sites for hydroxylation is 1. The molecule has 3 fully saturated rings. The summed E-state index contributed by atoms with van der Waals surface area (Å²) in [7, 11) is 1.70. The molecule has 0 spiro atoms. The minimum Gasteiger partial charge on any atom is -0.384 e. The van der Waals surface area contributed by atoms with Gasteiger partial charge in [0.2, 0.25) is 5.91 Å². The summed E-state index contributed by atoms with van der Waals surface area (Å²) in [4.78, 5) is 46.4. The Morgan fingerprint density at radius 2 is 1.76 bits per heavy atom. The number of carbonyl (C=O) groups excluding carboxylic acids is 2. The number of nitrogens with zero attached hydrogens (tertiary/aromatic N) is 4. The molecule has 0 unspecified atom stereocenters. The highest BCUT2D eigenvalue weighted by molar-refractivity contribution is 5.96. The van der Waals surface area contributed by atoms with Crippen molar-refractivity contribution < 1.29 is 27.9 Å². The van der Waals surface area contributed by atoms with Gasteiger partial charge in [-0.1, -0.05) is 12.1 Å². The normalized spacial score (nSPS) is 25.3.